The normalized spacial score (nSPS) is 16.3. The maximum atomic E-state index is 12.1. The fourth-order valence-electron chi connectivity index (χ4n) is 2.53. The molecule has 23 heavy (non-hydrogen) atoms. The molecule has 1 saturated carbocycles. The number of carbonyl (C=O) groups is 1. The van der Waals surface area contributed by atoms with Crippen molar-refractivity contribution in [3.63, 3.8) is 0 Å². The smallest absolute Gasteiger partial charge is 0.314 e. The molecule has 5 nitrogen and oxygen atoms in total. The Hall–Kier alpha value is -0.980. The molecule has 0 N–H and O–H groups in total. The lowest BCUT2D eigenvalue weighted by atomic mass is 9.89. The van der Waals surface area contributed by atoms with Crippen LogP contribution < -0.4 is 9.04 Å². The molecule has 1 aromatic carbocycles. The Labute approximate surface area is 146 Å². The summed E-state index contributed by atoms with van der Waals surface area (Å²) in [5.41, 5.74) is 0.383. The summed E-state index contributed by atoms with van der Waals surface area (Å²) >= 11 is 10.9. The molecule has 0 aliphatic heterocycles. The average Bonchev–Trinajstić information content (AvgIpc) is 2.55. The first-order valence-corrected chi connectivity index (χ1v) is 9.77. The number of anilines is 1. The van der Waals surface area contributed by atoms with Gasteiger partial charge in [-0.05, 0) is 37.1 Å². The summed E-state index contributed by atoms with van der Waals surface area (Å²) in [6.45, 7) is 0. The molecule has 1 aliphatic carbocycles. The molecule has 1 fully saturated rings. The minimum absolute atomic E-state index is 0.0419. The highest BCUT2D eigenvalue weighted by molar-refractivity contribution is 7.95. The van der Waals surface area contributed by atoms with Crippen molar-refractivity contribution in [1.82, 2.24) is 0 Å². The van der Waals surface area contributed by atoms with Gasteiger partial charge in [0.15, 0.2) is 0 Å². The van der Waals surface area contributed by atoms with Crippen LogP contribution in [-0.2, 0) is 14.8 Å². The van der Waals surface area contributed by atoms with Crippen molar-refractivity contribution in [3.8, 4) is 5.75 Å². The van der Waals surface area contributed by atoms with Gasteiger partial charge in [0.2, 0.25) is 4.17 Å². The second kappa shape index (κ2) is 7.73. The van der Waals surface area contributed by atoms with Crippen LogP contribution in [0.15, 0.2) is 24.3 Å². The van der Waals surface area contributed by atoms with Gasteiger partial charge in [0.1, 0.15) is 5.75 Å². The zero-order valence-electron chi connectivity index (χ0n) is 12.7. The maximum Gasteiger partial charge on any atom is 0.314 e. The predicted molar refractivity (Wildman–Crippen MR) is 91.5 cm³/mol. The molecule has 1 aromatic rings. The second-order valence-electron chi connectivity index (χ2n) is 5.52. The highest BCUT2D eigenvalue weighted by Crippen LogP contribution is 2.27. The van der Waals surface area contributed by atoms with Crippen LogP contribution in [0.1, 0.15) is 32.1 Å². The number of ether oxygens (including phenoxy) is 1. The zero-order valence-corrected chi connectivity index (χ0v) is 15.1. The van der Waals surface area contributed by atoms with Crippen LogP contribution in [0.2, 0.25) is 0 Å². The van der Waals surface area contributed by atoms with Gasteiger partial charge >= 0.3 is 5.97 Å². The Morgan fingerprint density at radius 1 is 1.17 bits per heavy atom. The van der Waals surface area contributed by atoms with Gasteiger partial charge in [0.05, 0.1) is 11.6 Å². The summed E-state index contributed by atoms with van der Waals surface area (Å²) in [6.07, 6.45) is 5.01. The summed E-state index contributed by atoms with van der Waals surface area (Å²) in [4.78, 5) is 12.1. The molecule has 8 heteroatoms. The third-order valence-corrected chi connectivity index (χ3v) is 6.74. The Morgan fingerprint density at radius 3 is 2.26 bits per heavy atom. The van der Waals surface area contributed by atoms with Crippen LogP contribution in [0.3, 0.4) is 0 Å². The second-order valence-corrected chi connectivity index (χ2v) is 9.19. The van der Waals surface area contributed by atoms with Crippen LogP contribution in [0.5, 0.6) is 5.75 Å². The van der Waals surface area contributed by atoms with Gasteiger partial charge in [-0.1, -0.05) is 42.5 Å². The van der Waals surface area contributed by atoms with Crippen molar-refractivity contribution in [1.29, 1.82) is 0 Å². The van der Waals surface area contributed by atoms with E-state index in [2.05, 4.69) is 0 Å². The number of sulfonamides is 1. The Kier molecular flexibility index (Phi) is 6.17. The van der Waals surface area contributed by atoms with Gasteiger partial charge in [-0.3, -0.25) is 9.10 Å². The van der Waals surface area contributed by atoms with Gasteiger partial charge in [-0.15, -0.1) is 0 Å². The number of hydrogen-bond donors (Lipinski definition) is 0. The number of nitrogens with zero attached hydrogens (tertiary/aromatic N) is 1. The van der Waals surface area contributed by atoms with Crippen molar-refractivity contribution in [3.05, 3.63) is 24.3 Å². The van der Waals surface area contributed by atoms with Gasteiger partial charge < -0.3 is 4.74 Å². The maximum absolute atomic E-state index is 12.1. The quantitative estimate of drug-likeness (QED) is 0.444. The lowest BCUT2D eigenvalue weighted by molar-refractivity contribution is -0.139. The first-order valence-electron chi connectivity index (χ1n) is 7.40. The van der Waals surface area contributed by atoms with E-state index in [0.717, 1.165) is 30.0 Å². The van der Waals surface area contributed by atoms with Crippen LogP contribution in [-0.4, -0.2) is 25.6 Å². The van der Waals surface area contributed by atoms with Crippen LogP contribution in [0.25, 0.3) is 0 Å². The van der Waals surface area contributed by atoms with Crippen molar-refractivity contribution < 1.29 is 17.9 Å². The van der Waals surface area contributed by atoms with E-state index in [9.17, 15) is 13.2 Å². The molecule has 0 heterocycles. The predicted octanol–water partition coefficient (Wildman–Crippen LogP) is 3.70. The summed E-state index contributed by atoms with van der Waals surface area (Å²) in [6, 6.07) is 6.19. The molecule has 128 valence electrons. The molecule has 0 aromatic heterocycles. The van der Waals surface area contributed by atoms with Gasteiger partial charge in [0.25, 0.3) is 10.0 Å². The fourth-order valence-corrected chi connectivity index (χ4v) is 3.90. The summed E-state index contributed by atoms with van der Waals surface area (Å²) in [5.74, 6) is 0.128. The third kappa shape index (κ3) is 4.52. The molecule has 0 atom stereocenters. The topological polar surface area (TPSA) is 63.7 Å². The average molecular weight is 380 g/mol. The lowest BCUT2D eigenvalue weighted by Crippen LogP contribution is -2.30. The first-order chi connectivity index (χ1) is 10.8. The minimum atomic E-state index is -3.83. The lowest BCUT2D eigenvalue weighted by Gasteiger charge is -2.21. The van der Waals surface area contributed by atoms with E-state index in [1.807, 2.05) is 0 Å². The van der Waals surface area contributed by atoms with E-state index < -0.39 is 14.2 Å². The fraction of sp³-hybridized carbons (Fsp3) is 0.533. The summed E-state index contributed by atoms with van der Waals surface area (Å²) < 4.78 is 28.6. The van der Waals surface area contributed by atoms with Gasteiger partial charge in [0, 0.05) is 7.05 Å². The number of hydrogen-bond acceptors (Lipinski definition) is 4. The van der Waals surface area contributed by atoms with Crippen LogP contribution in [0.4, 0.5) is 5.69 Å². The number of alkyl halides is 2. The molecule has 0 bridgehead atoms. The van der Waals surface area contributed by atoms with Crippen molar-refractivity contribution in [2.24, 2.45) is 5.92 Å². The van der Waals surface area contributed by atoms with Crippen molar-refractivity contribution in [2.75, 3.05) is 11.4 Å². The number of rotatable bonds is 5. The molecule has 0 unspecified atom stereocenters. The van der Waals surface area contributed by atoms with E-state index in [-0.39, 0.29) is 11.9 Å². The van der Waals surface area contributed by atoms with E-state index in [1.54, 1.807) is 12.1 Å². The third-order valence-electron chi connectivity index (χ3n) is 3.96. The summed E-state index contributed by atoms with van der Waals surface area (Å²) in [5, 5.41) is 0. The Bertz CT molecular complexity index is 640. The van der Waals surface area contributed by atoms with Gasteiger partial charge in [-0.2, -0.15) is 0 Å². The van der Waals surface area contributed by atoms with Crippen molar-refractivity contribution >= 4 is 44.9 Å². The number of esters is 1. The largest absolute Gasteiger partial charge is 0.426 e. The number of benzene rings is 1. The minimum Gasteiger partial charge on any atom is -0.426 e. The molecule has 0 spiro atoms. The van der Waals surface area contributed by atoms with Crippen LogP contribution >= 0.6 is 23.2 Å². The van der Waals surface area contributed by atoms with Gasteiger partial charge in [-0.25, -0.2) is 8.42 Å². The van der Waals surface area contributed by atoms with E-state index in [0.29, 0.717) is 11.4 Å². The van der Waals surface area contributed by atoms with Crippen LogP contribution in [0, 0.1) is 5.92 Å². The Morgan fingerprint density at radius 2 is 1.74 bits per heavy atom. The molecule has 0 amide bonds. The standard InChI is InChI=1S/C15H19Cl2NO4S/c1-18(23(20,21)15(16)17)12-7-9-13(10-8-12)22-14(19)11-5-3-2-4-6-11/h7-11,15H,2-6H2,1H3. The highest BCUT2D eigenvalue weighted by Gasteiger charge is 2.26. The van der Waals surface area contributed by atoms with E-state index >= 15 is 0 Å². The molecule has 2 rings (SSSR count). The molecule has 0 radical (unpaired) electrons. The summed E-state index contributed by atoms with van der Waals surface area (Å²) in [7, 11) is -2.47. The van der Waals surface area contributed by atoms with E-state index in [4.69, 9.17) is 27.9 Å². The Balaban J connectivity index is 2.03. The molecular formula is C15H19Cl2NO4S. The van der Waals surface area contributed by atoms with Crippen molar-refractivity contribution in [2.45, 2.75) is 36.3 Å². The number of halogens is 2. The SMILES string of the molecule is CN(c1ccc(OC(=O)C2CCCCC2)cc1)S(=O)(=O)C(Cl)Cl. The van der Waals surface area contributed by atoms with E-state index in [1.165, 1.54) is 25.6 Å². The number of carbonyl (C=O) groups excluding carboxylic acids is 1. The molecule has 0 saturated heterocycles. The highest BCUT2D eigenvalue weighted by atomic mass is 35.5. The zero-order chi connectivity index (χ0) is 17.0. The molecular weight excluding hydrogens is 361 g/mol. The molecule has 1 aliphatic rings. The monoisotopic (exact) mass is 379 g/mol. The first kappa shape index (κ1) is 18.4.